The molecule has 1 amide bonds. The number of hydrogen-bond donors (Lipinski definition) is 1. The summed E-state index contributed by atoms with van der Waals surface area (Å²) in [7, 11) is -3.11. The third-order valence-corrected chi connectivity index (χ3v) is 7.72. The number of nitrogens with one attached hydrogen (secondary N) is 1. The second kappa shape index (κ2) is 11.3. The highest BCUT2D eigenvalue weighted by Crippen LogP contribution is 2.15. The van der Waals surface area contributed by atoms with Crippen LogP contribution in [-0.4, -0.2) is 68.3 Å². The Labute approximate surface area is 194 Å². The van der Waals surface area contributed by atoms with Gasteiger partial charge in [-0.05, 0) is 35.4 Å². The maximum atomic E-state index is 12.3. The van der Waals surface area contributed by atoms with Crippen LogP contribution in [0.15, 0.2) is 48.5 Å². The van der Waals surface area contributed by atoms with Crippen molar-refractivity contribution in [3.05, 3.63) is 70.2 Å². The first-order valence-corrected chi connectivity index (χ1v) is 13.6. The molecule has 0 saturated carbocycles. The molecule has 0 unspecified atom stereocenters. The Hall–Kier alpha value is -1.58. The molecule has 0 atom stereocenters. The van der Waals surface area contributed by atoms with Gasteiger partial charge in [0.15, 0.2) is 0 Å². The minimum atomic E-state index is -3.11. The highest BCUT2D eigenvalue weighted by atomic mass is 35.5. The van der Waals surface area contributed by atoms with Crippen LogP contribution in [0.25, 0.3) is 0 Å². The Bertz CT molecular complexity index is 959. The average molecular weight is 482 g/mol. The van der Waals surface area contributed by atoms with Crippen molar-refractivity contribution in [2.45, 2.75) is 12.3 Å². The highest BCUT2D eigenvalue weighted by molar-refractivity contribution is 7.98. The quantitative estimate of drug-likeness (QED) is 0.557. The summed E-state index contributed by atoms with van der Waals surface area (Å²) in [6.45, 7) is 3.83. The molecule has 0 aromatic heterocycles. The number of amides is 1. The fraction of sp³-hybridized carbons (Fsp3) is 0.409. The van der Waals surface area contributed by atoms with Gasteiger partial charge < -0.3 is 5.32 Å². The Morgan fingerprint density at radius 1 is 1.00 bits per heavy atom. The molecule has 1 saturated heterocycles. The lowest BCUT2D eigenvalue weighted by atomic mass is 10.1. The Morgan fingerprint density at radius 3 is 2.23 bits per heavy atom. The zero-order valence-corrected chi connectivity index (χ0v) is 20.0. The van der Waals surface area contributed by atoms with Crippen LogP contribution in [0.5, 0.6) is 0 Å². The van der Waals surface area contributed by atoms with E-state index in [1.165, 1.54) is 16.1 Å². The van der Waals surface area contributed by atoms with Gasteiger partial charge in [0, 0.05) is 61.4 Å². The molecule has 168 valence electrons. The van der Waals surface area contributed by atoms with Crippen LogP contribution in [0.1, 0.15) is 21.5 Å². The first-order chi connectivity index (χ1) is 14.8. The molecule has 1 fully saturated rings. The third kappa shape index (κ3) is 7.80. The summed E-state index contributed by atoms with van der Waals surface area (Å²) in [6.07, 6.45) is 1.25. The summed E-state index contributed by atoms with van der Waals surface area (Å²) in [5.41, 5.74) is 2.98. The lowest BCUT2D eigenvalue weighted by molar-refractivity contribution is 0.0956. The van der Waals surface area contributed by atoms with Gasteiger partial charge in [0.2, 0.25) is 10.0 Å². The molecule has 0 aliphatic carbocycles. The first kappa shape index (κ1) is 24.1. The molecule has 6 nitrogen and oxygen atoms in total. The van der Waals surface area contributed by atoms with Crippen LogP contribution in [0, 0.1) is 0 Å². The normalized spacial score (nSPS) is 15.7. The standard InChI is InChI=1S/C22H28ClN3O3S2/c1-31(28,29)26-13-11-25(12-14-26)16-18-2-6-20(7-3-18)22(27)24-10-15-30-17-19-4-8-21(23)9-5-19/h2-9H,10-17H2,1H3,(H,24,27). The fourth-order valence-electron chi connectivity index (χ4n) is 3.35. The maximum Gasteiger partial charge on any atom is 0.251 e. The van der Waals surface area contributed by atoms with Crippen molar-refractivity contribution in [2.24, 2.45) is 0 Å². The van der Waals surface area contributed by atoms with Crippen molar-refractivity contribution in [2.75, 3.05) is 44.7 Å². The van der Waals surface area contributed by atoms with E-state index in [0.29, 0.717) is 38.3 Å². The van der Waals surface area contributed by atoms with Crippen molar-refractivity contribution in [1.29, 1.82) is 0 Å². The molecule has 1 N–H and O–H groups in total. The molecule has 2 aromatic rings. The van der Waals surface area contributed by atoms with E-state index in [-0.39, 0.29) is 5.91 Å². The molecule has 1 heterocycles. The summed E-state index contributed by atoms with van der Waals surface area (Å²) in [6, 6.07) is 15.4. The fourth-order valence-corrected chi connectivity index (χ4v) is 5.12. The van der Waals surface area contributed by atoms with Gasteiger partial charge in [-0.25, -0.2) is 8.42 Å². The predicted octanol–water partition coefficient (Wildman–Crippen LogP) is 3.08. The van der Waals surface area contributed by atoms with E-state index in [1.54, 1.807) is 11.8 Å². The number of carbonyl (C=O) groups excluding carboxylic acids is 1. The molecule has 0 radical (unpaired) electrons. The van der Waals surface area contributed by atoms with E-state index in [4.69, 9.17) is 11.6 Å². The van der Waals surface area contributed by atoms with Crippen LogP contribution in [0.3, 0.4) is 0 Å². The Morgan fingerprint density at radius 2 is 1.61 bits per heavy atom. The minimum Gasteiger partial charge on any atom is -0.351 e. The number of carbonyl (C=O) groups is 1. The maximum absolute atomic E-state index is 12.3. The lowest BCUT2D eigenvalue weighted by Crippen LogP contribution is -2.47. The van der Waals surface area contributed by atoms with Crippen LogP contribution >= 0.6 is 23.4 Å². The number of benzene rings is 2. The van der Waals surface area contributed by atoms with Crippen LogP contribution in [0.4, 0.5) is 0 Å². The van der Waals surface area contributed by atoms with E-state index in [0.717, 1.165) is 28.6 Å². The highest BCUT2D eigenvalue weighted by Gasteiger charge is 2.23. The second-order valence-electron chi connectivity index (χ2n) is 7.57. The Balaban J connectivity index is 1.36. The molecule has 1 aliphatic rings. The van der Waals surface area contributed by atoms with Crippen LogP contribution in [0.2, 0.25) is 5.02 Å². The van der Waals surface area contributed by atoms with Gasteiger partial charge in [-0.3, -0.25) is 9.69 Å². The first-order valence-electron chi connectivity index (χ1n) is 10.2. The van der Waals surface area contributed by atoms with Gasteiger partial charge in [-0.15, -0.1) is 0 Å². The number of sulfonamides is 1. The van der Waals surface area contributed by atoms with Crippen LogP contribution in [-0.2, 0) is 22.3 Å². The number of nitrogens with zero attached hydrogens (tertiary/aromatic N) is 2. The number of rotatable bonds is 9. The molecule has 0 spiro atoms. The molecule has 31 heavy (non-hydrogen) atoms. The zero-order valence-electron chi connectivity index (χ0n) is 17.6. The summed E-state index contributed by atoms with van der Waals surface area (Å²) < 4.78 is 24.7. The number of hydrogen-bond acceptors (Lipinski definition) is 5. The van der Waals surface area contributed by atoms with Crippen molar-refractivity contribution in [1.82, 2.24) is 14.5 Å². The number of halogens is 1. The molecule has 2 aromatic carbocycles. The molecule has 0 bridgehead atoms. The second-order valence-corrected chi connectivity index (χ2v) is 11.1. The summed E-state index contributed by atoms with van der Waals surface area (Å²) in [4.78, 5) is 14.6. The average Bonchev–Trinajstić information content (AvgIpc) is 2.75. The molecule has 9 heteroatoms. The number of piperazine rings is 1. The van der Waals surface area contributed by atoms with E-state index in [9.17, 15) is 13.2 Å². The predicted molar refractivity (Wildman–Crippen MR) is 128 cm³/mol. The smallest absolute Gasteiger partial charge is 0.251 e. The van der Waals surface area contributed by atoms with E-state index in [1.807, 2.05) is 48.5 Å². The van der Waals surface area contributed by atoms with Gasteiger partial charge in [0.25, 0.3) is 5.91 Å². The number of thioether (sulfide) groups is 1. The third-order valence-electron chi connectivity index (χ3n) is 5.14. The molecular formula is C22H28ClN3O3S2. The van der Waals surface area contributed by atoms with Gasteiger partial charge in [0.1, 0.15) is 0 Å². The van der Waals surface area contributed by atoms with Gasteiger partial charge >= 0.3 is 0 Å². The Kier molecular flexibility index (Phi) is 8.80. The summed E-state index contributed by atoms with van der Waals surface area (Å²) in [5, 5.41) is 3.70. The summed E-state index contributed by atoms with van der Waals surface area (Å²) in [5.74, 6) is 1.66. The van der Waals surface area contributed by atoms with E-state index >= 15 is 0 Å². The van der Waals surface area contributed by atoms with Crippen molar-refractivity contribution in [3.8, 4) is 0 Å². The van der Waals surface area contributed by atoms with E-state index < -0.39 is 10.0 Å². The largest absolute Gasteiger partial charge is 0.351 e. The summed E-state index contributed by atoms with van der Waals surface area (Å²) >= 11 is 7.66. The van der Waals surface area contributed by atoms with Gasteiger partial charge in [-0.1, -0.05) is 35.9 Å². The molecule has 3 rings (SSSR count). The van der Waals surface area contributed by atoms with Crippen LogP contribution < -0.4 is 5.32 Å². The SMILES string of the molecule is CS(=O)(=O)N1CCN(Cc2ccc(C(=O)NCCSCc3ccc(Cl)cc3)cc2)CC1. The van der Waals surface area contributed by atoms with Crippen molar-refractivity contribution < 1.29 is 13.2 Å². The van der Waals surface area contributed by atoms with Gasteiger partial charge in [0.05, 0.1) is 6.26 Å². The van der Waals surface area contributed by atoms with Crippen molar-refractivity contribution >= 4 is 39.3 Å². The van der Waals surface area contributed by atoms with Crippen molar-refractivity contribution in [3.63, 3.8) is 0 Å². The monoisotopic (exact) mass is 481 g/mol. The van der Waals surface area contributed by atoms with E-state index in [2.05, 4.69) is 10.2 Å². The molecule has 1 aliphatic heterocycles. The zero-order chi connectivity index (χ0) is 22.3. The lowest BCUT2D eigenvalue weighted by Gasteiger charge is -2.33. The minimum absolute atomic E-state index is 0.0691. The topological polar surface area (TPSA) is 69.7 Å². The van der Waals surface area contributed by atoms with Gasteiger partial charge in [-0.2, -0.15) is 16.1 Å². The molecular weight excluding hydrogens is 454 g/mol.